The van der Waals surface area contributed by atoms with Crippen LogP contribution in [0, 0.1) is 5.92 Å². The second-order valence-corrected chi connectivity index (χ2v) is 6.37. The van der Waals surface area contributed by atoms with Gasteiger partial charge in [-0.25, -0.2) is 4.79 Å². The highest BCUT2D eigenvalue weighted by Gasteiger charge is 2.27. The lowest BCUT2D eigenvalue weighted by molar-refractivity contribution is -0.144. The minimum Gasteiger partial charge on any atom is -0.467 e. The molecule has 0 heterocycles. The molecule has 0 bridgehead atoms. The van der Waals surface area contributed by atoms with E-state index in [4.69, 9.17) is 0 Å². The van der Waals surface area contributed by atoms with Gasteiger partial charge in [0.05, 0.1) is 7.11 Å². The summed E-state index contributed by atoms with van der Waals surface area (Å²) < 4.78 is 5.43. The minimum atomic E-state index is -0.779. The standard InChI is InChI=1S/C16H21BrN2O4/c1-9(2)13(15(21)18-10(3)16(22)23-4)19-14(20)11-5-7-12(17)8-6-11/h5-10,13H,1-4H3,(H,18,21)(H,19,20)/t10-,13-/m0/s1. The number of nitrogens with one attached hydrogen (secondary N) is 2. The molecule has 2 atom stereocenters. The van der Waals surface area contributed by atoms with Crippen LogP contribution in [0.4, 0.5) is 0 Å². The summed E-state index contributed by atoms with van der Waals surface area (Å²) in [5.41, 5.74) is 0.452. The number of hydrogen-bond donors (Lipinski definition) is 2. The third-order valence-electron chi connectivity index (χ3n) is 3.26. The Morgan fingerprint density at radius 2 is 1.61 bits per heavy atom. The number of carbonyl (C=O) groups excluding carboxylic acids is 3. The lowest BCUT2D eigenvalue weighted by Crippen LogP contribution is -2.53. The van der Waals surface area contributed by atoms with Gasteiger partial charge >= 0.3 is 5.97 Å². The number of rotatable bonds is 6. The van der Waals surface area contributed by atoms with E-state index >= 15 is 0 Å². The number of esters is 1. The largest absolute Gasteiger partial charge is 0.467 e. The summed E-state index contributed by atoms with van der Waals surface area (Å²) in [4.78, 5) is 35.9. The second-order valence-electron chi connectivity index (χ2n) is 5.46. The van der Waals surface area contributed by atoms with Crippen LogP contribution < -0.4 is 10.6 Å². The molecule has 0 saturated heterocycles. The molecule has 0 radical (unpaired) electrons. The Hall–Kier alpha value is -1.89. The van der Waals surface area contributed by atoms with E-state index in [0.29, 0.717) is 5.56 Å². The van der Waals surface area contributed by atoms with Crippen molar-refractivity contribution in [2.24, 2.45) is 5.92 Å². The van der Waals surface area contributed by atoms with Gasteiger partial charge in [-0.15, -0.1) is 0 Å². The number of ether oxygens (including phenoxy) is 1. The summed E-state index contributed by atoms with van der Waals surface area (Å²) in [7, 11) is 1.25. The van der Waals surface area contributed by atoms with Crippen LogP contribution in [0.3, 0.4) is 0 Å². The van der Waals surface area contributed by atoms with Gasteiger partial charge in [-0.2, -0.15) is 0 Å². The van der Waals surface area contributed by atoms with Crippen LogP contribution in [-0.2, 0) is 14.3 Å². The van der Waals surface area contributed by atoms with E-state index in [2.05, 4.69) is 31.3 Å². The Labute approximate surface area is 144 Å². The fourth-order valence-electron chi connectivity index (χ4n) is 1.90. The van der Waals surface area contributed by atoms with Gasteiger partial charge in [0.15, 0.2) is 0 Å². The van der Waals surface area contributed by atoms with Gasteiger partial charge in [0, 0.05) is 10.0 Å². The SMILES string of the molecule is COC(=O)[C@H](C)NC(=O)[C@@H](NC(=O)c1ccc(Br)cc1)C(C)C. The molecule has 1 aromatic rings. The lowest BCUT2D eigenvalue weighted by atomic mass is 10.0. The van der Waals surface area contributed by atoms with Crippen molar-refractivity contribution in [2.75, 3.05) is 7.11 Å². The Bertz CT molecular complexity index is 572. The molecule has 7 heteroatoms. The molecule has 6 nitrogen and oxygen atoms in total. The van der Waals surface area contributed by atoms with Crippen LogP contribution in [0.15, 0.2) is 28.7 Å². The maximum Gasteiger partial charge on any atom is 0.328 e. The zero-order chi connectivity index (χ0) is 17.6. The molecule has 1 rings (SSSR count). The van der Waals surface area contributed by atoms with Gasteiger partial charge in [-0.3, -0.25) is 9.59 Å². The predicted molar refractivity (Wildman–Crippen MR) is 89.9 cm³/mol. The lowest BCUT2D eigenvalue weighted by Gasteiger charge is -2.23. The molecule has 2 amide bonds. The van der Waals surface area contributed by atoms with Crippen LogP contribution in [0.2, 0.25) is 0 Å². The van der Waals surface area contributed by atoms with Crippen molar-refractivity contribution in [1.82, 2.24) is 10.6 Å². The first-order valence-electron chi connectivity index (χ1n) is 7.21. The maximum absolute atomic E-state index is 12.3. The normalized spacial score (nSPS) is 13.1. The van der Waals surface area contributed by atoms with Crippen LogP contribution in [0.5, 0.6) is 0 Å². The summed E-state index contributed by atoms with van der Waals surface area (Å²) in [6, 6.07) is 5.28. The van der Waals surface area contributed by atoms with Crippen molar-refractivity contribution in [3.8, 4) is 0 Å². The van der Waals surface area contributed by atoms with Crippen LogP contribution in [0.25, 0.3) is 0 Å². The van der Waals surface area contributed by atoms with E-state index < -0.39 is 24.0 Å². The van der Waals surface area contributed by atoms with Gasteiger partial charge in [0.1, 0.15) is 12.1 Å². The van der Waals surface area contributed by atoms with Gasteiger partial charge in [-0.1, -0.05) is 29.8 Å². The highest BCUT2D eigenvalue weighted by molar-refractivity contribution is 9.10. The molecule has 0 aliphatic heterocycles. The molecule has 0 aliphatic carbocycles. The average molecular weight is 385 g/mol. The fraction of sp³-hybridized carbons (Fsp3) is 0.438. The summed E-state index contributed by atoms with van der Waals surface area (Å²) in [6.45, 7) is 5.15. The van der Waals surface area contributed by atoms with E-state index in [0.717, 1.165) is 4.47 Å². The van der Waals surface area contributed by atoms with E-state index in [-0.39, 0.29) is 11.8 Å². The number of halogens is 1. The average Bonchev–Trinajstić information content (AvgIpc) is 2.51. The van der Waals surface area contributed by atoms with E-state index in [1.54, 1.807) is 24.3 Å². The molecule has 2 N–H and O–H groups in total. The first-order valence-corrected chi connectivity index (χ1v) is 8.00. The number of methoxy groups -OCH3 is 1. The third kappa shape index (κ3) is 5.67. The van der Waals surface area contributed by atoms with Crippen LogP contribution in [0.1, 0.15) is 31.1 Å². The molecule has 0 saturated carbocycles. The number of benzene rings is 1. The minimum absolute atomic E-state index is 0.140. The predicted octanol–water partition coefficient (Wildman–Crippen LogP) is 1.88. The Kier molecular flexibility index (Phi) is 7.22. The van der Waals surface area contributed by atoms with Crippen molar-refractivity contribution in [3.63, 3.8) is 0 Å². The summed E-state index contributed by atoms with van der Waals surface area (Å²) in [6.07, 6.45) is 0. The van der Waals surface area contributed by atoms with Crippen LogP contribution in [-0.4, -0.2) is 37.0 Å². The van der Waals surface area contributed by atoms with E-state index in [1.807, 2.05) is 13.8 Å². The Morgan fingerprint density at radius 3 is 2.09 bits per heavy atom. The van der Waals surface area contributed by atoms with E-state index in [1.165, 1.54) is 14.0 Å². The van der Waals surface area contributed by atoms with Crippen molar-refractivity contribution in [3.05, 3.63) is 34.3 Å². The Balaban J connectivity index is 2.78. The summed E-state index contributed by atoms with van der Waals surface area (Å²) in [5.74, 6) is -1.46. The fourth-order valence-corrected chi connectivity index (χ4v) is 2.16. The smallest absolute Gasteiger partial charge is 0.328 e. The van der Waals surface area contributed by atoms with Gasteiger partial charge < -0.3 is 15.4 Å². The van der Waals surface area contributed by atoms with Gasteiger partial charge in [0.2, 0.25) is 5.91 Å². The quantitative estimate of drug-likeness (QED) is 0.733. The summed E-state index contributed by atoms with van der Waals surface area (Å²) >= 11 is 3.30. The molecule has 126 valence electrons. The third-order valence-corrected chi connectivity index (χ3v) is 3.78. The first kappa shape index (κ1) is 19.2. The monoisotopic (exact) mass is 384 g/mol. The molecule has 0 spiro atoms. The zero-order valence-corrected chi connectivity index (χ0v) is 15.1. The van der Waals surface area contributed by atoms with Crippen molar-refractivity contribution >= 4 is 33.7 Å². The molecule has 1 aromatic carbocycles. The second kappa shape index (κ2) is 8.67. The van der Waals surface area contributed by atoms with Crippen LogP contribution >= 0.6 is 15.9 Å². The van der Waals surface area contributed by atoms with Crippen molar-refractivity contribution < 1.29 is 19.1 Å². The summed E-state index contributed by atoms with van der Waals surface area (Å²) in [5, 5.41) is 5.24. The van der Waals surface area contributed by atoms with Gasteiger partial charge in [0.25, 0.3) is 5.91 Å². The number of hydrogen-bond acceptors (Lipinski definition) is 4. The molecule has 23 heavy (non-hydrogen) atoms. The van der Waals surface area contributed by atoms with Crippen molar-refractivity contribution in [1.29, 1.82) is 0 Å². The molecule has 0 aliphatic rings. The first-order chi connectivity index (χ1) is 10.8. The molecule has 0 fully saturated rings. The maximum atomic E-state index is 12.3. The molecule has 0 unspecified atom stereocenters. The zero-order valence-electron chi connectivity index (χ0n) is 13.6. The highest BCUT2D eigenvalue weighted by atomic mass is 79.9. The van der Waals surface area contributed by atoms with Gasteiger partial charge in [-0.05, 0) is 37.1 Å². The van der Waals surface area contributed by atoms with E-state index in [9.17, 15) is 14.4 Å². The topological polar surface area (TPSA) is 84.5 Å². The number of amides is 2. The number of carbonyl (C=O) groups is 3. The van der Waals surface area contributed by atoms with Crippen molar-refractivity contribution in [2.45, 2.75) is 32.9 Å². The Morgan fingerprint density at radius 1 is 1.04 bits per heavy atom. The molecular formula is C16H21BrN2O4. The molecule has 0 aromatic heterocycles. The molecular weight excluding hydrogens is 364 g/mol. The highest BCUT2D eigenvalue weighted by Crippen LogP contribution is 2.11.